The molecule has 1 aromatic heterocycles. The standard InChI is InChI=1S/C6H5F3N2O2S/c7-5-2-1-4(3-10-5)11-14(12,13)6(8)9/h1-3,6,11H. The first-order valence-corrected chi connectivity index (χ1v) is 4.88. The van der Waals surface area contributed by atoms with Crippen molar-refractivity contribution in [1.29, 1.82) is 0 Å². The van der Waals surface area contributed by atoms with Gasteiger partial charge in [0.2, 0.25) is 5.95 Å². The van der Waals surface area contributed by atoms with Crippen LogP contribution < -0.4 is 4.72 Å². The second-order valence-corrected chi connectivity index (χ2v) is 3.93. The minimum atomic E-state index is -4.71. The Bertz CT molecular complexity index is 404. The van der Waals surface area contributed by atoms with Crippen molar-refractivity contribution in [3.05, 3.63) is 24.3 Å². The van der Waals surface area contributed by atoms with Gasteiger partial charge in [-0.2, -0.15) is 13.2 Å². The van der Waals surface area contributed by atoms with Crippen LogP contribution in [0.5, 0.6) is 0 Å². The highest BCUT2D eigenvalue weighted by atomic mass is 32.2. The van der Waals surface area contributed by atoms with Gasteiger partial charge >= 0.3 is 5.76 Å². The lowest BCUT2D eigenvalue weighted by Gasteiger charge is -2.05. The molecule has 0 aliphatic rings. The lowest BCUT2D eigenvalue weighted by Crippen LogP contribution is -2.20. The Hall–Kier alpha value is -1.31. The summed E-state index contributed by atoms with van der Waals surface area (Å²) in [6.45, 7) is 0. The van der Waals surface area contributed by atoms with E-state index in [0.717, 1.165) is 18.3 Å². The van der Waals surface area contributed by atoms with Crippen LogP contribution in [0.15, 0.2) is 18.3 Å². The lowest BCUT2D eigenvalue weighted by atomic mass is 10.4. The third-order valence-electron chi connectivity index (χ3n) is 1.22. The number of alkyl halides is 2. The van der Waals surface area contributed by atoms with Gasteiger partial charge in [-0.05, 0) is 12.1 Å². The maximum absolute atomic E-state index is 12.2. The number of rotatable bonds is 3. The van der Waals surface area contributed by atoms with Crippen LogP contribution in [0.3, 0.4) is 0 Å². The monoisotopic (exact) mass is 226 g/mol. The van der Waals surface area contributed by atoms with Crippen LogP contribution in [0.4, 0.5) is 18.9 Å². The number of aromatic nitrogens is 1. The van der Waals surface area contributed by atoms with Crippen molar-refractivity contribution in [2.45, 2.75) is 5.76 Å². The molecule has 0 saturated carbocycles. The summed E-state index contributed by atoms with van der Waals surface area (Å²) < 4.78 is 58.6. The van der Waals surface area contributed by atoms with Crippen molar-refractivity contribution in [2.75, 3.05) is 4.72 Å². The van der Waals surface area contributed by atoms with Crippen LogP contribution in [0.1, 0.15) is 0 Å². The Morgan fingerprint density at radius 1 is 1.36 bits per heavy atom. The van der Waals surface area contributed by atoms with E-state index in [9.17, 15) is 21.6 Å². The minimum absolute atomic E-state index is 0.216. The van der Waals surface area contributed by atoms with Gasteiger partial charge in [-0.3, -0.25) is 4.72 Å². The van der Waals surface area contributed by atoms with E-state index in [1.807, 2.05) is 0 Å². The number of nitrogens with one attached hydrogen (secondary N) is 1. The number of hydrogen-bond acceptors (Lipinski definition) is 3. The van der Waals surface area contributed by atoms with Crippen LogP contribution in [0.25, 0.3) is 0 Å². The van der Waals surface area contributed by atoms with E-state index in [1.165, 1.54) is 4.72 Å². The third-order valence-corrected chi connectivity index (χ3v) is 2.21. The molecule has 0 fully saturated rings. The number of pyridine rings is 1. The Morgan fingerprint density at radius 3 is 2.43 bits per heavy atom. The Kier molecular flexibility index (Phi) is 2.94. The lowest BCUT2D eigenvalue weighted by molar-refractivity contribution is 0.236. The molecule has 0 aromatic carbocycles. The van der Waals surface area contributed by atoms with Gasteiger partial charge in [-0.25, -0.2) is 13.4 Å². The summed E-state index contributed by atoms with van der Waals surface area (Å²) in [4.78, 5) is 3.08. The molecule has 1 N–H and O–H groups in total. The zero-order valence-electron chi connectivity index (χ0n) is 6.62. The zero-order valence-corrected chi connectivity index (χ0v) is 7.43. The molecular formula is C6H5F3N2O2S. The molecule has 0 radical (unpaired) electrons. The van der Waals surface area contributed by atoms with Gasteiger partial charge in [0, 0.05) is 0 Å². The number of nitrogens with zero attached hydrogens (tertiary/aromatic N) is 1. The molecule has 0 amide bonds. The highest BCUT2D eigenvalue weighted by molar-refractivity contribution is 7.93. The first kappa shape index (κ1) is 10.8. The zero-order chi connectivity index (χ0) is 10.8. The average Bonchev–Trinajstić information content (AvgIpc) is 2.08. The number of halogens is 3. The van der Waals surface area contributed by atoms with E-state index < -0.39 is 21.7 Å². The molecular weight excluding hydrogens is 221 g/mol. The molecule has 0 aliphatic heterocycles. The Balaban J connectivity index is 2.85. The van der Waals surface area contributed by atoms with Gasteiger partial charge in [0.15, 0.2) is 0 Å². The first-order chi connectivity index (χ1) is 6.42. The van der Waals surface area contributed by atoms with Crippen LogP contribution in [-0.4, -0.2) is 19.2 Å². The molecule has 8 heteroatoms. The fourth-order valence-electron chi connectivity index (χ4n) is 0.645. The van der Waals surface area contributed by atoms with Gasteiger partial charge in [-0.15, -0.1) is 0 Å². The Morgan fingerprint density at radius 2 is 2.00 bits per heavy atom. The number of hydrogen-bond donors (Lipinski definition) is 1. The molecule has 0 bridgehead atoms. The van der Waals surface area contributed by atoms with Crippen LogP contribution >= 0.6 is 0 Å². The number of sulfonamides is 1. The van der Waals surface area contributed by atoms with Gasteiger partial charge < -0.3 is 0 Å². The Labute approximate surface area is 77.8 Å². The van der Waals surface area contributed by atoms with Gasteiger partial charge in [0.25, 0.3) is 10.0 Å². The summed E-state index contributed by atoms with van der Waals surface area (Å²) in [7, 11) is -4.71. The minimum Gasteiger partial charge on any atom is -0.277 e. The summed E-state index contributed by atoms with van der Waals surface area (Å²) in [6.07, 6.45) is 0.801. The van der Waals surface area contributed by atoms with Crippen molar-refractivity contribution in [2.24, 2.45) is 0 Å². The van der Waals surface area contributed by atoms with Crippen LogP contribution in [0.2, 0.25) is 0 Å². The van der Waals surface area contributed by atoms with E-state index >= 15 is 0 Å². The van der Waals surface area contributed by atoms with E-state index in [0.29, 0.717) is 0 Å². The smallest absolute Gasteiger partial charge is 0.277 e. The van der Waals surface area contributed by atoms with Crippen molar-refractivity contribution in [3.8, 4) is 0 Å². The highest BCUT2D eigenvalue weighted by Crippen LogP contribution is 2.12. The number of anilines is 1. The van der Waals surface area contributed by atoms with Crippen molar-refractivity contribution >= 4 is 15.7 Å². The molecule has 0 saturated heterocycles. The molecule has 78 valence electrons. The van der Waals surface area contributed by atoms with Gasteiger partial charge in [-0.1, -0.05) is 0 Å². The van der Waals surface area contributed by atoms with E-state index in [-0.39, 0.29) is 5.69 Å². The fourth-order valence-corrected chi connectivity index (χ4v) is 1.18. The summed E-state index contributed by atoms with van der Waals surface area (Å²) in [5.41, 5.74) is -0.216. The van der Waals surface area contributed by atoms with E-state index in [2.05, 4.69) is 4.98 Å². The quantitative estimate of drug-likeness (QED) is 0.787. The van der Waals surface area contributed by atoms with E-state index in [4.69, 9.17) is 0 Å². The van der Waals surface area contributed by atoms with Crippen molar-refractivity contribution in [3.63, 3.8) is 0 Å². The molecule has 14 heavy (non-hydrogen) atoms. The first-order valence-electron chi connectivity index (χ1n) is 3.33. The topological polar surface area (TPSA) is 59.1 Å². The second-order valence-electron chi connectivity index (χ2n) is 2.28. The fraction of sp³-hybridized carbons (Fsp3) is 0.167. The summed E-state index contributed by atoms with van der Waals surface area (Å²) >= 11 is 0. The third kappa shape index (κ3) is 2.59. The molecule has 0 aliphatic carbocycles. The normalized spacial score (nSPS) is 11.7. The molecule has 0 spiro atoms. The second kappa shape index (κ2) is 3.82. The molecule has 1 rings (SSSR count). The van der Waals surface area contributed by atoms with Gasteiger partial charge in [0.1, 0.15) is 0 Å². The maximum atomic E-state index is 12.2. The van der Waals surface area contributed by atoms with Crippen molar-refractivity contribution in [1.82, 2.24) is 4.98 Å². The highest BCUT2D eigenvalue weighted by Gasteiger charge is 2.23. The molecule has 4 nitrogen and oxygen atoms in total. The van der Waals surface area contributed by atoms with E-state index in [1.54, 1.807) is 0 Å². The molecule has 1 aromatic rings. The molecule has 1 heterocycles. The van der Waals surface area contributed by atoms with Crippen molar-refractivity contribution < 1.29 is 21.6 Å². The van der Waals surface area contributed by atoms with Crippen LogP contribution in [0, 0.1) is 5.95 Å². The largest absolute Gasteiger partial charge is 0.355 e. The molecule has 0 unspecified atom stereocenters. The predicted octanol–water partition coefficient (Wildman–Crippen LogP) is 1.19. The molecule has 0 atom stereocenters. The summed E-state index contributed by atoms with van der Waals surface area (Å²) in [5, 5.41) is 0. The maximum Gasteiger partial charge on any atom is 0.355 e. The van der Waals surface area contributed by atoms with Gasteiger partial charge in [0.05, 0.1) is 11.9 Å². The summed E-state index contributed by atoms with van der Waals surface area (Å²) in [5.74, 6) is -4.36. The van der Waals surface area contributed by atoms with Crippen LogP contribution in [-0.2, 0) is 10.0 Å². The predicted molar refractivity (Wildman–Crippen MR) is 42.7 cm³/mol. The average molecular weight is 226 g/mol. The summed E-state index contributed by atoms with van der Waals surface area (Å²) in [6, 6.07) is 1.84. The SMILES string of the molecule is O=S(=O)(Nc1ccc(F)nc1)C(F)F.